The minimum atomic E-state index is -3.42. The minimum absolute atomic E-state index is 0.295. The van der Waals surface area contributed by atoms with Gasteiger partial charge in [-0.1, -0.05) is 12.1 Å². The van der Waals surface area contributed by atoms with E-state index in [0.29, 0.717) is 29.3 Å². The van der Waals surface area contributed by atoms with Crippen LogP contribution in [0.4, 0.5) is 0 Å². The number of hydrogen-bond acceptors (Lipinski definition) is 6. The van der Waals surface area contributed by atoms with E-state index in [2.05, 4.69) is 36.3 Å². The monoisotopic (exact) mass is 436 g/mol. The topological polar surface area (TPSA) is 98.7 Å². The van der Waals surface area contributed by atoms with Crippen molar-refractivity contribution in [3.05, 3.63) is 47.6 Å². The fourth-order valence-corrected chi connectivity index (χ4v) is 5.27. The number of aliphatic imine (C=N–C) groups is 1. The highest BCUT2D eigenvalue weighted by molar-refractivity contribution is 7.91. The van der Waals surface area contributed by atoms with Crippen LogP contribution in [0, 0.1) is 0 Å². The van der Waals surface area contributed by atoms with Gasteiger partial charge in [0.2, 0.25) is 10.0 Å². The van der Waals surface area contributed by atoms with Crippen molar-refractivity contribution in [3.63, 3.8) is 0 Å². The second kappa shape index (κ2) is 10.7. The van der Waals surface area contributed by atoms with Crippen molar-refractivity contribution in [1.82, 2.24) is 25.2 Å². The molecular formula is C19H28N6O2S2. The number of hydrogen-bond donors (Lipinski definition) is 3. The summed E-state index contributed by atoms with van der Waals surface area (Å²) in [7, 11) is -1.70. The summed E-state index contributed by atoms with van der Waals surface area (Å²) >= 11 is 1.21. The zero-order valence-electron chi connectivity index (χ0n) is 16.5. The first-order chi connectivity index (χ1) is 14.1. The van der Waals surface area contributed by atoms with Gasteiger partial charge >= 0.3 is 0 Å². The molecule has 0 aromatic carbocycles. The summed E-state index contributed by atoms with van der Waals surface area (Å²) in [5, 5.41) is 8.36. The van der Waals surface area contributed by atoms with Crippen molar-refractivity contribution in [2.24, 2.45) is 4.99 Å². The molecule has 2 aromatic rings. The number of nitrogens with zero attached hydrogens (tertiary/aromatic N) is 3. The van der Waals surface area contributed by atoms with E-state index < -0.39 is 10.0 Å². The maximum Gasteiger partial charge on any atom is 0.250 e. The van der Waals surface area contributed by atoms with Gasteiger partial charge in [0, 0.05) is 52.0 Å². The number of nitrogens with one attached hydrogen (secondary N) is 3. The van der Waals surface area contributed by atoms with Crippen molar-refractivity contribution < 1.29 is 8.42 Å². The average molecular weight is 437 g/mol. The second-order valence-corrected chi connectivity index (χ2v) is 9.79. The number of pyridine rings is 1. The average Bonchev–Trinajstić information content (AvgIpc) is 3.28. The summed E-state index contributed by atoms with van der Waals surface area (Å²) < 4.78 is 27.1. The van der Waals surface area contributed by atoms with E-state index in [-0.39, 0.29) is 0 Å². The van der Waals surface area contributed by atoms with Gasteiger partial charge in [0.05, 0.1) is 5.69 Å². The number of rotatable bonds is 8. The summed E-state index contributed by atoms with van der Waals surface area (Å²) in [5.41, 5.74) is 1.10. The Bertz CT molecular complexity index is 863. The Balaban J connectivity index is 1.35. The summed E-state index contributed by atoms with van der Waals surface area (Å²) in [6, 6.07) is 9.69. The normalized spacial score (nSPS) is 16.7. The SMILES string of the molecule is CN=C(NCCNS(=O)(=O)c1cccs1)NC1CCN(Cc2ccccn2)CC1. The number of thiophene rings is 1. The molecule has 0 spiro atoms. The van der Waals surface area contributed by atoms with Gasteiger partial charge in [-0.25, -0.2) is 13.1 Å². The lowest BCUT2D eigenvalue weighted by molar-refractivity contribution is 0.196. The Morgan fingerprint density at radius 3 is 2.72 bits per heavy atom. The van der Waals surface area contributed by atoms with Gasteiger partial charge in [-0.2, -0.15) is 0 Å². The van der Waals surface area contributed by atoms with Crippen molar-refractivity contribution in [2.75, 3.05) is 33.2 Å². The highest BCUT2D eigenvalue weighted by Gasteiger charge is 2.20. The van der Waals surface area contributed by atoms with Gasteiger partial charge < -0.3 is 10.6 Å². The Hall–Kier alpha value is -2.01. The highest BCUT2D eigenvalue weighted by atomic mass is 32.2. The second-order valence-electron chi connectivity index (χ2n) is 6.84. The Kier molecular flexibility index (Phi) is 7.99. The molecule has 158 valence electrons. The molecule has 1 saturated heterocycles. The van der Waals surface area contributed by atoms with E-state index in [1.54, 1.807) is 24.6 Å². The van der Waals surface area contributed by atoms with E-state index in [0.717, 1.165) is 38.2 Å². The molecule has 0 bridgehead atoms. The quantitative estimate of drug-likeness (QED) is 0.327. The predicted molar refractivity (Wildman–Crippen MR) is 117 cm³/mol. The van der Waals surface area contributed by atoms with Crippen molar-refractivity contribution in [2.45, 2.75) is 29.6 Å². The lowest BCUT2D eigenvalue weighted by atomic mass is 10.1. The molecule has 29 heavy (non-hydrogen) atoms. The molecule has 0 saturated carbocycles. The summed E-state index contributed by atoms with van der Waals surface area (Å²) in [6.45, 7) is 3.65. The first-order valence-corrected chi connectivity index (χ1v) is 12.1. The molecule has 1 aliphatic heterocycles. The zero-order valence-corrected chi connectivity index (χ0v) is 18.2. The van der Waals surface area contributed by atoms with Crippen molar-refractivity contribution in [3.8, 4) is 0 Å². The molecule has 3 N–H and O–H groups in total. The van der Waals surface area contributed by atoms with Gasteiger partial charge in [-0.05, 0) is 36.4 Å². The molecule has 3 heterocycles. The van der Waals surface area contributed by atoms with Crippen LogP contribution in [0.1, 0.15) is 18.5 Å². The van der Waals surface area contributed by atoms with Gasteiger partial charge in [-0.3, -0.25) is 14.9 Å². The molecule has 0 unspecified atom stereocenters. The van der Waals surface area contributed by atoms with Crippen molar-refractivity contribution in [1.29, 1.82) is 0 Å². The molecule has 8 nitrogen and oxygen atoms in total. The number of piperidine rings is 1. The van der Waals surface area contributed by atoms with Crippen LogP contribution < -0.4 is 15.4 Å². The third-order valence-corrected chi connectivity index (χ3v) is 7.59. The van der Waals surface area contributed by atoms with Crippen LogP contribution in [0.2, 0.25) is 0 Å². The first-order valence-electron chi connectivity index (χ1n) is 9.69. The lowest BCUT2D eigenvalue weighted by Crippen LogP contribution is -2.49. The van der Waals surface area contributed by atoms with E-state index in [4.69, 9.17) is 0 Å². The Morgan fingerprint density at radius 1 is 1.24 bits per heavy atom. The van der Waals surface area contributed by atoms with Crippen LogP contribution >= 0.6 is 11.3 Å². The van der Waals surface area contributed by atoms with E-state index in [1.165, 1.54) is 11.3 Å². The largest absolute Gasteiger partial charge is 0.355 e. The number of sulfonamides is 1. The highest BCUT2D eigenvalue weighted by Crippen LogP contribution is 2.15. The molecule has 2 aromatic heterocycles. The third-order valence-electron chi connectivity index (χ3n) is 4.73. The number of likely N-dealkylation sites (tertiary alicyclic amines) is 1. The molecule has 0 amide bonds. The van der Waals surface area contributed by atoms with Crippen LogP contribution in [0.5, 0.6) is 0 Å². The fourth-order valence-electron chi connectivity index (χ4n) is 3.20. The molecule has 1 fully saturated rings. The maximum atomic E-state index is 12.1. The standard InChI is InChI=1S/C19H28N6O2S2/c1-20-19(22-10-11-23-29(26,27)18-6-4-14-28-18)24-16-7-12-25(13-8-16)15-17-5-2-3-9-21-17/h2-6,9,14,16,23H,7-8,10-13,15H2,1H3,(H2,20,22,24). The summed E-state index contributed by atoms with van der Waals surface area (Å²) in [6.07, 6.45) is 3.89. The molecule has 0 aliphatic carbocycles. The molecule has 10 heteroatoms. The van der Waals surface area contributed by atoms with Crippen molar-refractivity contribution >= 4 is 27.3 Å². The summed E-state index contributed by atoms with van der Waals surface area (Å²) in [5.74, 6) is 0.698. The van der Waals surface area contributed by atoms with Crippen LogP contribution in [-0.4, -0.2) is 63.5 Å². The number of guanidine groups is 1. The lowest BCUT2D eigenvalue weighted by Gasteiger charge is -2.32. The minimum Gasteiger partial charge on any atom is -0.355 e. The number of aromatic nitrogens is 1. The zero-order chi connectivity index (χ0) is 20.5. The van der Waals surface area contributed by atoms with E-state index in [1.807, 2.05) is 18.3 Å². The summed E-state index contributed by atoms with van der Waals surface area (Å²) in [4.78, 5) is 11.1. The van der Waals surface area contributed by atoms with Crippen LogP contribution in [0.3, 0.4) is 0 Å². The Labute approximate surface area is 176 Å². The van der Waals surface area contributed by atoms with Gasteiger partial charge in [0.15, 0.2) is 5.96 Å². The third kappa shape index (κ3) is 6.77. The molecular weight excluding hydrogens is 408 g/mol. The van der Waals surface area contributed by atoms with Gasteiger partial charge in [0.25, 0.3) is 0 Å². The van der Waals surface area contributed by atoms with Gasteiger partial charge in [0.1, 0.15) is 4.21 Å². The molecule has 0 radical (unpaired) electrons. The van der Waals surface area contributed by atoms with E-state index in [9.17, 15) is 8.42 Å². The first kappa shape index (κ1) is 21.7. The molecule has 3 rings (SSSR count). The predicted octanol–water partition coefficient (Wildman–Crippen LogP) is 1.25. The smallest absolute Gasteiger partial charge is 0.250 e. The molecule has 0 atom stereocenters. The Morgan fingerprint density at radius 2 is 2.07 bits per heavy atom. The molecule has 1 aliphatic rings. The van der Waals surface area contributed by atoms with Crippen LogP contribution in [0.15, 0.2) is 51.1 Å². The fraction of sp³-hybridized carbons (Fsp3) is 0.474. The van der Waals surface area contributed by atoms with Gasteiger partial charge in [-0.15, -0.1) is 11.3 Å². The maximum absolute atomic E-state index is 12.1. The van der Waals surface area contributed by atoms with Crippen LogP contribution in [0.25, 0.3) is 0 Å². The van der Waals surface area contributed by atoms with E-state index >= 15 is 0 Å². The van der Waals surface area contributed by atoms with Crippen LogP contribution in [-0.2, 0) is 16.6 Å².